The molecule has 1 atom stereocenters. The highest BCUT2D eigenvalue weighted by molar-refractivity contribution is 7.99. The van der Waals surface area contributed by atoms with E-state index in [-0.39, 0.29) is 12.0 Å². The summed E-state index contributed by atoms with van der Waals surface area (Å²) >= 11 is 1.28. The number of esters is 1. The Labute approximate surface area is 127 Å². The van der Waals surface area contributed by atoms with E-state index in [1.165, 1.54) is 23.9 Å². The average molecular weight is 315 g/mol. The Balaban J connectivity index is 1.84. The van der Waals surface area contributed by atoms with Crippen molar-refractivity contribution in [1.29, 1.82) is 0 Å². The van der Waals surface area contributed by atoms with Crippen LogP contribution in [0.15, 0.2) is 23.1 Å². The second-order valence-electron chi connectivity index (χ2n) is 4.96. The third-order valence-corrected chi connectivity index (χ3v) is 4.23. The second-order valence-corrected chi connectivity index (χ2v) is 6.09. The maximum Gasteiger partial charge on any atom is 0.323 e. The van der Waals surface area contributed by atoms with Gasteiger partial charge >= 0.3 is 5.97 Å². The van der Waals surface area contributed by atoms with Gasteiger partial charge in [0.25, 0.3) is 0 Å². The number of thioether (sulfide) groups is 1. The van der Waals surface area contributed by atoms with Gasteiger partial charge in [-0.25, -0.2) is 8.78 Å². The fourth-order valence-corrected chi connectivity index (χ4v) is 2.86. The fourth-order valence-electron chi connectivity index (χ4n) is 1.93. The molecule has 0 bridgehead atoms. The van der Waals surface area contributed by atoms with Gasteiger partial charge in [0.2, 0.25) is 0 Å². The summed E-state index contributed by atoms with van der Waals surface area (Å²) in [5.74, 6) is -0.852. The molecule has 2 rings (SSSR count). The van der Waals surface area contributed by atoms with Crippen LogP contribution in [0.3, 0.4) is 0 Å². The Morgan fingerprint density at radius 3 is 2.86 bits per heavy atom. The number of halogens is 2. The van der Waals surface area contributed by atoms with Gasteiger partial charge in [0, 0.05) is 22.8 Å². The van der Waals surface area contributed by atoms with E-state index in [0.29, 0.717) is 29.7 Å². The number of hydrogen-bond donors (Lipinski definition) is 1. The summed E-state index contributed by atoms with van der Waals surface area (Å²) < 4.78 is 31.4. The largest absolute Gasteiger partial charge is 0.465 e. The maximum absolute atomic E-state index is 13.5. The fraction of sp³-hybridized carbons (Fsp3) is 0.533. The number of rotatable bonds is 8. The maximum atomic E-state index is 13.5. The summed E-state index contributed by atoms with van der Waals surface area (Å²) in [6.45, 7) is 2.12. The molecule has 1 N–H and O–H groups in total. The molecule has 1 saturated carbocycles. The second kappa shape index (κ2) is 7.75. The van der Waals surface area contributed by atoms with E-state index < -0.39 is 11.6 Å². The van der Waals surface area contributed by atoms with Crippen molar-refractivity contribution in [3.63, 3.8) is 0 Å². The molecule has 1 fully saturated rings. The summed E-state index contributed by atoms with van der Waals surface area (Å²) in [5.41, 5.74) is 0. The van der Waals surface area contributed by atoms with Gasteiger partial charge < -0.3 is 10.1 Å². The van der Waals surface area contributed by atoms with Gasteiger partial charge in [0.1, 0.15) is 17.7 Å². The van der Waals surface area contributed by atoms with Crippen LogP contribution in [0.25, 0.3) is 0 Å². The van der Waals surface area contributed by atoms with Crippen LogP contribution >= 0.6 is 11.8 Å². The van der Waals surface area contributed by atoms with Crippen LogP contribution < -0.4 is 5.32 Å². The predicted octanol–water partition coefficient (Wildman–Crippen LogP) is 3.13. The molecule has 0 aromatic heterocycles. The lowest BCUT2D eigenvalue weighted by Crippen LogP contribution is -2.39. The van der Waals surface area contributed by atoms with Gasteiger partial charge in [-0.15, -0.1) is 11.8 Å². The first-order valence-corrected chi connectivity index (χ1v) is 8.09. The number of carbonyl (C=O) groups excluding carboxylic acids is 1. The highest BCUT2D eigenvalue weighted by Crippen LogP contribution is 2.25. The van der Waals surface area contributed by atoms with E-state index in [2.05, 4.69) is 5.32 Å². The Hall–Kier alpha value is -1.14. The van der Waals surface area contributed by atoms with Crippen molar-refractivity contribution in [2.45, 2.75) is 43.2 Å². The average Bonchev–Trinajstić information content (AvgIpc) is 3.24. The van der Waals surface area contributed by atoms with E-state index in [0.717, 1.165) is 18.9 Å². The van der Waals surface area contributed by atoms with Crippen molar-refractivity contribution in [1.82, 2.24) is 5.32 Å². The van der Waals surface area contributed by atoms with Crippen molar-refractivity contribution in [2.24, 2.45) is 0 Å². The smallest absolute Gasteiger partial charge is 0.323 e. The van der Waals surface area contributed by atoms with Crippen molar-refractivity contribution in [3.05, 3.63) is 29.8 Å². The molecule has 0 radical (unpaired) electrons. The van der Waals surface area contributed by atoms with Crippen LogP contribution in [-0.2, 0) is 9.53 Å². The van der Waals surface area contributed by atoms with Crippen LogP contribution in [-0.4, -0.2) is 30.4 Å². The van der Waals surface area contributed by atoms with E-state index >= 15 is 0 Å². The first-order chi connectivity index (χ1) is 10.1. The molecular formula is C15H19F2NO2S. The molecule has 21 heavy (non-hydrogen) atoms. The normalized spacial score (nSPS) is 15.8. The zero-order chi connectivity index (χ0) is 15.2. The third-order valence-electron chi connectivity index (χ3n) is 3.14. The van der Waals surface area contributed by atoms with Gasteiger partial charge in [-0.05, 0) is 38.3 Å². The zero-order valence-electron chi connectivity index (χ0n) is 11.9. The van der Waals surface area contributed by atoms with Crippen LogP contribution in [0, 0.1) is 11.6 Å². The van der Waals surface area contributed by atoms with Gasteiger partial charge in [0.05, 0.1) is 6.61 Å². The molecule has 1 aliphatic carbocycles. The summed E-state index contributed by atoms with van der Waals surface area (Å²) in [6, 6.07) is 3.56. The number of hydrogen-bond acceptors (Lipinski definition) is 4. The highest BCUT2D eigenvalue weighted by atomic mass is 32.2. The lowest BCUT2D eigenvalue weighted by atomic mass is 10.2. The number of carbonyl (C=O) groups is 1. The summed E-state index contributed by atoms with van der Waals surface area (Å²) in [4.78, 5) is 12.2. The number of ether oxygens (including phenoxy) is 1. The minimum Gasteiger partial charge on any atom is -0.465 e. The quantitative estimate of drug-likeness (QED) is 0.591. The molecular weight excluding hydrogens is 296 g/mol. The van der Waals surface area contributed by atoms with Gasteiger partial charge in [0.15, 0.2) is 0 Å². The molecule has 0 amide bonds. The van der Waals surface area contributed by atoms with E-state index in [1.54, 1.807) is 6.92 Å². The molecule has 1 unspecified atom stereocenters. The van der Waals surface area contributed by atoms with Gasteiger partial charge in [-0.3, -0.25) is 4.79 Å². The Morgan fingerprint density at radius 1 is 1.48 bits per heavy atom. The lowest BCUT2D eigenvalue weighted by Gasteiger charge is -2.16. The predicted molar refractivity (Wildman–Crippen MR) is 78.3 cm³/mol. The van der Waals surface area contributed by atoms with E-state index in [9.17, 15) is 13.6 Å². The van der Waals surface area contributed by atoms with Crippen LogP contribution in [0.4, 0.5) is 8.78 Å². The van der Waals surface area contributed by atoms with Crippen LogP contribution in [0.5, 0.6) is 0 Å². The Kier molecular flexibility index (Phi) is 5.99. The first kappa shape index (κ1) is 16.2. The topological polar surface area (TPSA) is 38.3 Å². The summed E-state index contributed by atoms with van der Waals surface area (Å²) in [6.07, 6.45) is 2.71. The Bertz CT molecular complexity index is 495. The molecule has 116 valence electrons. The molecule has 0 saturated heterocycles. The SMILES string of the molecule is CCOC(=O)C(CCSc1ccc(F)cc1F)NC1CC1. The molecule has 1 aliphatic rings. The van der Waals surface area contributed by atoms with Crippen molar-refractivity contribution >= 4 is 17.7 Å². The zero-order valence-corrected chi connectivity index (χ0v) is 12.7. The standard InChI is InChI=1S/C15H19F2NO2S/c1-2-20-15(19)13(18-11-4-5-11)7-8-21-14-6-3-10(16)9-12(14)17/h3,6,9,11,13,18H,2,4-5,7-8H2,1H3. The molecule has 1 aromatic rings. The Morgan fingerprint density at radius 2 is 2.24 bits per heavy atom. The molecule has 0 aliphatic heterocycles. The van der Waals surface area contributed by atoms with E-state index in [4.69, 9.17) is 4.74 Å². The van der Waals surface area contributed by atoms with Gasteiger partial charge in [-0.2, -0.15) is 0 Å². The van der Waals surface area contributed by atoms with Gasteiger partial charge in [-0.1, -0.05) is 0 Å². The summed E-state index contributed by atoms with van der Waals surface area (Å²) in [7, 11) is 0. The molecule has 3 nitrogen and oxygen atoms in total. The van der Waals surface area contributed by atoms with Crippen molar-refractivity contribution in [2.75, 3.05) is 12.4 Å². The van der Waals surface area contributed by atoms with Crippen LogP contribution in [0.1, 0.15) is 26.2 Å². The lowest BCUT2D eigenvalue weighted by molar-refractivity contribution is -0.145. The third kappa shape index (κ3) is 5.28. The van der Waals surface area contributed by atoms with Crippen molar-refractivity contribution in [3.8, 4) is 0 Å². The minimum absolute atomic E-state index is 0.260. The van der Waals surface area contributed by atoms with Crippen molar-refractivity contribution < 1.29 is 18.3 Å². The van der Waals surface area contributed by atoms with E-state index in [1.807, 2.05) is 0 Å². The first-order valence-electron chi connectivity index (χ1n) is 7.10. The minimum atomic E-state index is -0.586. The molecule has 0 heterocycles. The monoisotopic (exact) mass is 315 g/mol. The number of benzene rings is 1. The number of nitrogens with one attached hydrogen (secondary N) is 1. The molecule has 0 spiro atoms. The molecule has 1 aromatic carbocycles. The van der Waals surface area contributed by atoms with Crippen LogP contribution in [0.2, 0.25) is 0 Å². The molecule has 6 heteroatoms. The summed E-state index contributed by atoms with van der Waals surface area (Å²) in [5, 5.41) is 3.24. The highest BCUT2D eigenvalue weighted by Gasteiger charge is 2.28.